The van der Waals surface area contributed by atoms with Gasteiger partial charge >= 0.3 is 0 Å². The number of halogens is 1. The van der Waals surface area contributed by atoms with Gasteiger partial charge in [-0.2, -0.15) is 0 Å². The molecule has 1 aromatic rings. The van der Waals surface area contributed by atoms with Crippen LogP contribution in [-0.4, -0.2) is 36.4 Å². The van der Waals surface area contributed by atoms with Gasteiger partial charge in [-0.25, -0.2) is 9.87 Å². The number of benzene rings is 1. The van der Waals surface area contributed by atoms with Crippen molar-refractivity contribution in [1.82, 2.24) is 5.48 Å². The van der Waals surface area contributed by atoms with Crippen LogP contribution in [0.4, 0.5) is 10.1 Å². The summed E-state index contributed by atoms with van der Waals surface area (Å²) in [6.45, 7) is 0.479. The third-order valence-electron chi connectivity index (χ3n) is 3.80. The standard InChI is InChI=1S/C16H20FN3O4/c1-24-19-15-12-10-11(17)7-8-13(12)20(16(15)22)9-5-3-2-4-6-14(21)18-23/h7-8,10,23H,2-6,9H2,1H3,(H,18,21)/b19-15-. The lowest BCUT2D eigenvalue weighted by Crippen LogP contribution is -2.31. The minimum Gasteiger partial charge on any atom is -0.398 e. The topological polar surface area (TPSA) is 91.2 Å². The second-order valence-electron chi connectivity index (χ2n) is 5.44. The number of carbonyl (C=O) groups is 2. The SMILES string of the molecule is CO/N=C1\C(=O)N(CCCCCCC(=O)NO)c2ccc(F)cc21. The maximum atomic E-state index is 13.4. The van der Waals surface area contributed by atoms with Crippen molar-refractivity contribution in [2.45, 2.75) is 32.1 Å². The molecule has 0 spiro atoms. The number of rotatable bonds is 8. The lowest BCUT2D eigenvalue weighted by Gasteiger charge is -2.16. The van der Waals surface area contributed by atoms with E-state index in [2.05, 4.69) is 5.16 Å². The van der Waals surface area contributed by atoms with Gasteiger partial charge in [0.25, 0.3) is 5.91 Å². The normalized spacial score (nSPS) is 14.9. The van der Waals surface area contributed by atoms with E-state index in [-0.39, 0.29) is 18.0 Å². The van der Waals surface area contributed by atoms with Crippen molar-refractivity contribution in [3.05, 3.63) is 29.6 Å². The molecule has 7 nitrogen and oxygen atoms in total. The molecule has 0 aromatic heterocycles. The van der Waals surface area contributed by atoms with Gasteiger partial charge in [0, 0.05) is 18.5 Å². The van der Waals surface area contributed by atoms with Gasteiger partial charge in [-0.15, -0.1) is 0 Å². The van der Waals surface area contributed by atoms with Gasteiger partial charge in [0.05, 0.1) is 5.69 Å². The quantitative estimate of drug-likeness (QED) is 0.431. The van der Waals surface area contributed by atoms with E-state index in [1.807, 2.05) is 0 Å². The van der Waals surface area contributed by atoms with Crippen LogP contribution in [0.15, 0.2) is 23.4 Å². The number of anilines is 1. The molecule has 2 N–H and O–H groups in total. The van der Waals surface area contributed by atoms with Crippen molar-refractivity contribution >= 4 is 23.2 Å². The Morgan fingerprint density at radius 3 is 2.79 bits per heavy atom. The van der Waals surface area contributed by atoms with E-state index in [9.17, 15) is 14.0 Å². The summed E-state index contributed by atoms with van der Waals surface area (Å²) < 4.78 is 13.4. The first-order valence-corrected chi connectivity index (χ1v) is 7.74. The van der Waals surface area contributed by atoms with Crippen LogP contribution in [-0.2, 0) is 14.4 Å². The molecule has 24 heavy (non-hydrogen) atoms. The van der Waals surface area contributed by atoms with E-state index in [4.69, 9.17) is 10.0 Å². The van der Waals surface area contributed by atoms with E-state index < -0.39 is 11.7 Å². The molecule has 0 bridgehead atoms. The van der Waals surface area contributed by atoms with Crippen molar-refractivity contribution in [2.75, 3.05) is 18.6 Å². The number of nitrogens with zero attached hydrogens (tertiary/aromatic N) is 2. The number of hydrogen-bond donors (Lipinski definition) is 2. The molecule has 0 aliphatic carbocycles. The third kappa shape index (κ3) is 4.08. The van der Waals surface area contributed by atoms with Gasteiger partial charge in [0.15, 0.2) is 5.71 Å². The van der Waals surface area contributed by atoms with Crippen molar-refractivity contribution < 1.29 is 24.0 Å². The van der Waals surface area contributed by atoms with Crippen molar-refractivity contribution in [3.63, 3.8) is 0 Å². The van der Waals surface area contributed by atoms with Gasteiger partial charge in [-0.05, 0) is 31.0 Å². The second-order valence-corrected chi connectivity index (χ2v) is 5.44. The van der Waals surface area contributed by atoms with Crippen LogP contribution in [0.2, 0.25) is 0 Å². The van der Waals surface area contributed by atoms with Crippen LogP contribution >= 0.6 is 0 Å². The van der Waals surface area contributed by atoms with Gasteiger partial charge in [-0.1, -0.05) is 18.0 Å². The molecule has 0 radical (unpaired) electrons. The smallest absolute Gasteiger partial charge is 0.281 e. The largest absolute Gasteiger partial charge is 0.398 e. The average molecular weight is 337 g/mol. The van der Waals surface area contributed by atoms with Gasteiger partial charge in [-0.3, -0.25) is 14.8 Å². The minimum absolute atomic E-state index is 0.103. The van der Waals surface area contributed by atoms with Crippen LogP contribution in [0.3, 0.4) is 0 Å². The zero-order valence-corrected chi connectivity index (χ0v) is 13.4. The van der Waals surface area contributed by atoms with Crippen molar-refractivity contribution in [2.24, 2.45) is 5.16 Å². The van der Waals surface area contributed by atoms with Crippen molar-refractivity contribution in [1.29, 1.82) is 0 Å². The maximum absolute atomic E-state index is 13.4. The average Bonchev–Trinajstić information content (AvgIpc) is 2.82. The number of fused-ring (bicyclic) bond motifs is 1. The zero-order valence-electron chi connectivity index (χ0n) is 13.4. The Kier molecular flexibility index (Phi) is 6.25. The van der Waals surface area contributed by atoms with Crippen LogP contribution < -0.4 is 10.4 Å². The molecule has 8 heteroatoms. The summed E-state index contributed by atoms with van der Waals surface area (Å²) >= 11 is 0. The number of amides is 2. The van der Waals surface area contributed by atoms with Crippen molar-refractivity contribution in [3.8, 4) is 0 Å². The summed E-state index contributed by atoms with van der Waals surface area (Å²) in [7, 11) is 1.34. The van der Waals surface area contributed by atoms with Crippen LogP contribution in [0.25, 0.3) is 0 Å². The molecule has 1 aliphatic rings. The molecule has 1 aromatic carbocycles. The molecule has 2 rings (SSSR count). The van der Waals surface area contributed by atoms with Crippen LogP contribution in [0, 0.1) is 5.82 Å². The summed E-state index contributed by atoms with van der Waals surface area (Å²) in [6, 6.07) is 4.15. The second kappa shape index (κ2) is 8.39. The number of oxime groups is 1. The Morgan fingerprint density at radius 1 is 1.33 bits per heavy atom. The molecule has 130 valence electrons. The molecular formula is C16H20FN3O4. The summed E-state index contributed by atoms with van der Waals surface area (Å²) in [5.41, 5.74) is 2.75. The first-order chi connectivity index (χ1) is 11.6. The summed E-state index contributed by atoms with van der Waals surface area (Å²) in [4.78, 5) is 29.6. The Labute approximate surface area is 139 Å². The highest BCUT2D eigenvalue weighted by atomic mass is 19.1. The Balaban J connectivity index is 1.93. The molecule has 0 fully saturated rings. The Hall–Kier alpha value is -2.48. The molecule has 0 unspecified atom stereocenters. The lowest BCUT2D eigenvalue weighted by atomic mass is 10.1. The van der Waals surface area contributed by atoms with Crippen LogP contribution in [0.5, 0.6) is 0 Å². The fourth-order valence-electron chi connectivity index (χ4n) is 2.65. The van der Waals surface area contributed by atoms with E-state index >= 15 is 0 Å². The van der Waals surface area contributed by atoms with E-state index in [0.29, 0.717) is 24.2 Å². The molecule has 0 saturated carbocycles. The predicted octanol–water partition coefficient (Wildman–Crippen LogP) is 1.98. The van der Waals surface area contributed by atoms with Gasteiger partial charge in [0.1, 0.15) is 12.9 Å². The highest BCUT2D eigenvalue weighted by molar-refractivity contribution is 6.54. The number of carbonyl (C=O) groups excluding carboxylic acids is 2. The van der Waals surface area contributed by atoms with E-state index in [0.717, 1.165) is 19.3 Å². The summed E-state index contributed by atoms with van der Waals surface area (Å²) in [5, 5.41) is 12.1. The molecular weight excluding hydrogens is 317 g/mol. The molecule has 0 atom stereocenters. The molecule has 0 saturated heterocycles. The number of nitrogens with one attached hydrogen (secondary N) is 1. The summed E-state index contributed by atoms with van der Waals surface area (Å²) in [5.74, 6) is -1.15. The molecule has 2 amide bonds. The Morgan fingerprint density at radius 2 is 2.08 bits per heavy atom. The highest BCUT2D eigenvalue weighted by Crippen LogP contribution is 2.30. The highest BCUT2D eigenvalue weighted by Gasteiger charge is 2.34. The van der Waals surface area contributed by atoms with Gasteiger partial charge in [0.2, 0.25) is 5.91 Å². The van der Waals surface area contributed by atoms with E-state index in [1.54, 1.807) is 16.4 Å². The monoisotopic (exact) mass is 337 g/mol. The minimum atomic E-state index is -0.436. The Bertz CT molecular complexity index is 648. The molecule has 1 heterocycles. The first kappa shape index (κ1) is 17.9. The number of hydroxylamine groups is 1. The zero-order chi connectivity index (χ0) is 17.5. The molecule has 1 aliphatic heterocycles. The number of hydrogen-bond acceptors (Lipinski definition) is 5. The predicted molar refractivity (Wildman–Crippen MR) is 85.3 cm³/mol. The number of unbranched alkanes of at least 4 members (excludes halogenated alkanes) is 3. The van der Waals surface area contributed by atoms with Gasteiger partial charge < -0.3 is 9.74 Å². The maximum Gasteiger partial charge on any atom is 0.281 e. The lowest BCUT2D eigenvalue weighted by molar-refractivity contribution is -0.129. The fraction of sp³-hybridized carbons (Fsp3) is 0.438. The van der Waals surface area contributed by atoms with Crippen LogP contribution in [0.1, 0.15) is 37.7 Å². The third-order valence-corrected chi connectivity index (χ3v) is 3.80. The first-order valence-electron chi connectivity index (χ1n) is 7.74. The van der Waals surface area contributed by atoms with E-state index in [1.165, 1.54) is 19.2 Å². The fourth-order valence-corrected chi connectivity index (χ4v) is 2.65. The summed E-state index contributed by atoms with van der Waals surface area (Å²) in [6.07, 6.45) is 3.31.